The summed E-state index contributed by atoms with van der Waals surface area (Å²) < 4.78 is 50.6. The van der Waals surface area contributed by atoms with Crippen LogP contribution in [-0.4, -0.2) is 23.5 Å². The Morgan fingerprint density at radius 2 is 2.05 bits per heavy atom. The van der Waals surface area contributed by atoms with Gasteiger partial charge in [0.1, 0.15) is 11.7 Å². The number of nitrogens with zero attached hydrogens (tertiary/aromatic N) is 1. The average molecular weight is 307 g/mol. The molecule has 1 rings (SSSR count). The van der Waals surface area contributed by atoms with Gasteiger partial charge in [0.15, 0.2) is 0 Å². The van der Waals surface area contributed by atoms with Crippen LogP contribution in [0.2, 0.25) is 0 Å². The molecule has 0 aliphatic rings. The number of hydrogen-bond donors (Lipinski definition) is 3. The quantitative estimate of drug-likeness (QED) is 0.194. The van der Waals surface area contributed by atoms with Crippen LogP contribution in [0.25, 0.3) is 0 Å². The molecule has 9 heteroatoms. The van der Waals surface area contributed by atoms with Crippen molar-refractivity contribution in [3.63, 3.8) is 0 Å². The lowest BCUT2D eigenvalue weighted by Crippen LogP contribution is -2.26. The summed E-state index contributed by atoms with van der Waals surface area (Å²) in [5.41, 5.74) is 3.41. The SMILES string of the molecule is NC(CCCNC(=O)c1ccc(F)c(C(F)(F)F)c1)=NO. The molecule has 0 aliphatic carbocycles. The van der Waals surface area contributed by atoms with E-state index in [1.165, 1.54) is 0 Å². The van der Waals surface area contributed by atoms with E-state index < -0.39 is 23.5 Å². The van der Waals surface area contributed by atoms with Crippen molar-refractivity contribution in [1.29, 1.82) is 0 Å². The summed E-state index contributed by atoms with van der Waals surface area (Å²) in [5.74, 6) is -2.23. The molecule has 21 heavy (non-hydrogen) atoms. The summed E-state index contributed by atoms with van der Waals surface area (Å²) in [6.45, 7) is 0.119. The van der Waals surface area contributed by atoms with E-state index >= 15 is 0 Å². The van der Waals surface area contributed by atoms with Crippen molar-refractivity contribution in [3.8, 4) is 0 Å². The van der Waals surface area contributed by atoms with Crippen LogP contribution in [0.5, 0.6) is 0 Å². The Bertz CT molecular complexity index is 544. The Morgan fingerprint density at radius 3 is 2.62 bits per heavy atom. The molecule has 1 amide bonds. The van der Waals surface area contributed by atoms with Crippen molar-refractivity contribution in [1.82, 2.24) is 5.32 Å². The van der Waals surface area contributed by atoms with Gasteiger partial charge in [-0.3, -0.25) is 4.79 Å². The fourth-order valence-electron chi connectivity index (χ4n) is 1.51. The topological polar surface area (TPSA) is 87.7 Å². The van der Waals surface area contributed by atoms with E-state index in [-0.39, 0.29) is 24.4 Å². The Morgan fingerprint density at radius 1 is 1.38 bits per heavy atom. The molecular weight excluding hydrogens is 294 g/mol. The summed E-state index contributed by atoms with van der Waals surface area (Å²) in [6.07, 6.45) is -4.31. The standard InChI is InChI=1S/C12H13F4N3O2/c13-9-4-3-7(6-8(9)12(14,15)16)11(20)18-5-1-2-10(17)19-21/h3-4,6,21H,1-2,5H2,(H2,17,19)(H,18,20). The minimum atomic E-state index is -4.87. The van der Waals surface area contributed by atoms with Gasteiger partial charge in [-0.2, -0.15) is 13.2 Å². The van der Waals surface area contributed by atoms with Crippen molar-refractivity contribution in [2.24, 2.45) is 10.9 Å². The van der Waals surface area contributed by atoms with Crippen LogP contribution < -0.4 is 11.1 Å². The van der Waals surface area contributed by atoms with Crippen molar-refractivity contribution >= 4 is 11.7 Å². The maximum atomic E-state index is 13.1. The third kappa shape index (κ3) is 4.93. The molecule has 0 fully saturated rings. The number of halogens is 4. The second-order valence-corrected chi connectivity index (χ2v) is 4.14. The van der Waals surface area contributed by atoms with Crippen LogP contribution in [0.4, 0.5) is 17.6 Å². The molecule has 1 aromatic carbocycles. The van der Waals surface area contributed by atoms with Crippen molar-refractivity contribution in [2.75, 3.05) is 6.54 Å². The number of oxime groups is 1. The first-order chi connectivity index (χ1) is 9.75. The zero-order valence-corrected chi connectivity index (χ0v) is 10.7. The van der Waals surface area contributed by atoms with Crippen molar-refractivity contribution in [2.45, 2.75) is 19.0 Å². The smallest absolute Gasteiger partial charge is 0.409 e. The van der Waals surface area contributed by atoms with Gasteiger partial charge in [0.25, 0.3) is 5.91 Å². The Hall–Kier alpha value is -2.32. The number of carbonyl (C=O) groups is 1. The highest BCUT2D eigenvalue weighted by Gasteiger charge is 2.34. The number of rotatable bonds is 5. The molecule has 0 aromatic heterocycles. The molecule has 0 saturated heterocycles. The Kier molecular flexibility index (Phi) is 5.51. The first-order valence-corrected chi connectivity index (χ1v) is 5.87. The van der Waals surface area contributed by atoms with Gasteiger partial charge in [-0.25, -0.2) is 4.39 Å². The van der Waals surface area contributed by atoms with E-state index in [4.69, 9.17) is 10.9 Å². The number of alkyl halides is 3. The number of amides is 1. The van der Waals surface area contributed by atoms with E-state index in [0.29, 0.717) is 18.6 Å². The number of carbonyl (C=O) groups excluding carboxylic acids is 1. The van der Waals surface area contributed by atoms with Gasteiger partial charge in [0, 0.05) is 18.5 Å². The second kappa shape index (κ2) is 6.91. The van der Waals surface area contributed by atoms with E-state index in [9.17, 15) is 22.4 Å². The van der Waals surface area contributed by atoms with Gasteiger partial charge in [0.05, 0.1) is 5.56 Å². The lowest BCUT2D eigenvalue weighted by Gasteiger charge is -2.10. The molecule has 4 N–H and O–H groups in total. The third-order valence-electron chi connectivity index (χ3n) is 2.56. The van der Waals surface area contributed by atoms with Crippen molar-refractivity contribution in [3.05, 3.63) is 35.1 Å². The van der Waals surface area contributed by atoms with Crippen LogP contribution in [-0.2, 0) is 6.18 Å². The largest absolute Gasteiger partial charge is 0.419 e. The van der Waals surface area contributed by atoms with Gasteiger partial charge in [0.2, 0.25) is 0 Å². The number of nitrogens with two attached hydrogens (primary N) is 1. The number of nitrogens with one attached hydrogen (secondary N) is 1. The fourth-order valence-corrected chi connectivity index (χ4v) is 1.51. The third-order valence-corrected chi connectivity index (χ3v) is 2.56. The van der Waals surface area contributed by atoms with E-state index in [1.54, 1.807) is 0 Å². The molecule has 0 bridgehead atoms. The minimum absolute atomic E-state index is 0.0228. The summed E-state index contributed by atoms with van der Waals surface area (Å²) in [5, 5.41) is 13.4. The second-order valence-electron chi connectivity index (χ2n) is 4.14. The van der Waals surface area contributed by atoms with Gasteiger partial charge < -0.3 is 16.3 Å². The van der Waals surface area contributed by atoms with Crippen molar-refractivity contribution < 1.29 is 27.6 Å². The highest BCUT2D eigenvalue weighted by atomic mass is 19.4. The molecule has 0 unspecified atom stereocenters. The highest BCUT2D eigenvalue weighted by molar-refractivity contribution is 5.94. The first-order valence-electron chi connectivity index (χ1n) is 5.87. The molecule has 0 aliphatic heterocycles. The monoisotopic (exact) mass is 307 g/mol. The summed E-state index contributed by atoms with van der Waals surface area (Å²) in [4.78, 5) is 11.6. The fraction of sp³-hybridized carbons (Fsp3) is 0.333. The molecule has 0 atom stereocenters. The molecule has 0 saturated carbocycles. The van der Waals surface area contributed by atoms with Crippen LogP contribution >= 0.6 is 0 Å². The lowest BCUT2D eigenvalue weighted by molar-refractivity contribution is -0.140. The molecule has 0 spiro atoms. The Labute approximate surface area is 117 Å². The molecule has 0 radical (unpaired) electrons. The number of amidine groups is 1. The van der Waals surface area contributed by atoms with Gasteiger partial charge in [-0.05, 0) is 24.6 Å². The normalized spacial score (nSPS) is 12.3. The molecule has 5 nitrogen and oxygen atoms in total. The maximum Gasteiger partial charge on any atom is 0.419 e. The molecular formula is C12H13F4N3O2. The van der Waals surface area contributed by atoms with E-state index in [1.807, 2.05) is 0 Å². The molecule has 116 valence electrons. The van der Waals surface area contributed by atoms with E-state index in [0.717, 1.165) is 6.07 Å². The van der Waals surface area contributed by atoms with Gasteiger partial charge in [-0.15, -0.1) is 0 Å². The summed E-state index contributed by atoms with van der Waals surface area (Å²) in [6, 6.07) is 2.01. The number of hydrogen-bond acceptors (Lipinski definition) is 3. The predicted molar refractivity (Wildman–Crippen MR) is 66.4 cm³/mol. The first kappa shape index (κ1) is 16.7. The van der Waals surface area contributed by atoms with E-state index in [2.05, 4.69) is 10.5 Å². The van der Waals surface area contributed by atoms with Crippen LogP contribution in [0, 0.1) is 5.82 Å². The molecule has 0 heterocycles. The van der Waals surface area contributed by atoms with Crippen LogP contribution in [0.3, 0.4) is 0 Å². The average Bonchev–Trinajstić information content (AvgIpc) is 2.42. The minimum Gasteiger partial charge on any atom is -0.409 e. The number of benzene rings is 1. The summed E-state index contributed by atoms with van der Waals surface area (Å²) >= 11 is 0. The van der Waals surface area contributed by atoms with Gasteiger partial charge >= 0.3 is 6.18 Å². The lowest BCUT2D eigenvalue weighted by atomic mass is 10.1. The molecule has 1 aromatic rings. The Balaban J connectivity index is 2.67. The maximum absolute atomic E-state index is 13.1. The van der Waals surface area contributed by atoms with Gasteiger partial charge in [-0.1, -0.05) is 5.16 Å². The van der Waals surface area contributed by atoms with Crippen LogP contribution in [0.1, 0.15) is 28.8 Å². The zero-order chi connectivity index (χ0) is 16.0. The van der Waals surface area contributed by atoms with Crippen LogP contribution in [0.15, 0.2) is 23.4 Å². The zero-order valence-electron chi connectivity index (χ0n) is 10.7. The highest BCUT2D eigenvalue weighted by Crippen LogP contribution is 2.31. The summed E-state index contributed by atoms with van der Waals surface area (Å²) in [7, 11) is 0. The predicted octanol–water partition coefficient (Wildman–Crippen LogP) is 2.10.